The Morgan fingerprint density at radius 3 is 2.43 bits per heavy atom. The van der Waals surface area contributed by atoms with Crippen LogP contribution in [0.2, 0.25) is 0 Å². The number of hydrogen-bond donors (Lipinski definition) is 1. The van der Waals surface area contributed by atoms with Crippen molar-refractivity contribution in [3.05, 3.63) is 54.1 Å². The highest BCUT2D eigenvalue weighted by molar-refractivity contribution is 6.05. The van der Waals surface area contributed by atoms with Crippen LogP contribution in [-0.2, 0) is 0 Å². The molecule has 2 aromatic rings. The molecule has 3 rings (SSSR count). The van der Waals surface area contributed by atoms with Crippen molar-refractivity contribution in [3.8, 4) is 0 Å². The fraction of sp³-hybridized carbons (Fsp3) is 0.333. The fourth-order valence-corrected chi connectivity index (χ4v) is 2.89. The van der Waals surface area contributed by atoms with Gasteiger partial charge in [0.2, 0.25) is 0 Å². The molecule has 23 heavy (non-hydrogen) atoms. The topological polar surface area (TPSA) is 45.2 Å². The summed E-state index contributed by atoms with van der Waals surface area (Å²) in [6, 6.07) is 7.87. The summed E-state index contributed by atoms with van der Waals surface area (Å²) in [6.45, 7) is 1.87. The van der Waals surface area contributed by atoms with Gasteiger partial charge in [0.05, 0.1) is 11.4 Å². The van der Waals surface area contributed by atoms with Gasteiger partial charge in [-0.3, -0.25) is 9.78 Å². The SMILES string of the molecule is O=C(Nc1cc(F)ccc1N1CCCCCC1)c1ccncc1. The Balaban J connectivity index is 1.85. The highest BCUT2D eigenvalue weighted by atomic mass is 19.1. The van der Waals surface area contributed by atoms with Crippen molar-refractivity contribution < 1.29 is 9.18 Å². The van der Waals surface area contributed by atoms with Crippen molar-refractivity contribution in [3.63, 3.8) is 0 Å². The van der Waals surface area contributed by atoms with E-state index in [0.29, 0.717) is 11.3 Å². The quantitative estimate of drug-likeness (QED) is 0.936. The highest BCUT2D eigenvalue weighted by Gasteiger charge is 2.16. The van der Waals surface area contributed by atoms with E-state index in [0.717, 1.165) is 31.6 Å². The summed E-state index contributed by atoms with van der Waals surface area (Å²) in [5, 5.41) is 2.84. The molecule has 1 aromatic heterocycles. The zero-order chi connectivity index (χ0) is 16.1. The van der Waals surface area contributed by atoms with Gasteiger partial charge in [0, 0.05) is 31.0 Å². The molecule has 1 N–H and O–H groups in total. The molecule has 0 spiro atoms. The maximum Gasteiger partial charge on any atom is 0.255 e. The first-order chi connectivity index (χ1) is 11.2. The number of nitrogens with one attached hydrogen (secondary N) is 1. The van der Waals surface area contributed by atoms with Gasteiger partial charge in [0.1, 0.15) is 5.82 Å². The first-order valence-corrected chi connectivity index (χ1v) is 8.00. The molecule has 120 valence electrons. The van der Waals surface area contributed by atoms with Gasteiger partial charge in [-0.05, 0) is 43.2 Å². The standard InChI is InChI=1S/C18H20FN3O/c19-15-5-6-17(22-11-3-1-2-4-12-22)16(13-15)21-18(23)14-7-9-20-10-8-14/h5-10,13H,1-4,11-12H2,(H,21,23). The molecule has 0 aliphatic carbocycles. The molecular formula is C18H20FN3O. The molecule has 1 aliphatic rings. The molecule has 0 radical (unpaired) electrons. The maximum atomic E-state index is 13.7. The normalized spacial score (nSPS) is 15.1. The predicted molar refractivity (Wildman–Crippen MR) is 89.3 cm³/mol. The van der Waals surface area contributed by atoms with Crippen molar-refractivity contribution in [2.75, 3.05) is 23.3 Å². The molecule has 5 heteroatoms. The van der Waals surface area contributed by atoms with Gasteiger partial charge in [-0.2, -0.15) is 0 Å². The van der Waals surface area contributed by atoms with Crippen LogP contribution in [0.1, 0.15) is 36.0 Å². The molecule has 0 saturated carbocycles. The van der Waals surface area contributed by atoms with Crippen LogP contribution in [0.5, 0.6) is 0 Å². The number of hydrogen-bond acceptors (Lipinski definition) is 3. The van der Waals surface area contributed by atoms with E-state index in [-0.39, 0.29) is 11.7 Å². The lowest BCUT2D eigenvalue weighted by atomic mass is 10.2. The maximum absolute atomic E-state index is 13.7. The number of rotatable bonds is 3. The Hall–Kier alpha value is -2.43. The molecule has 0 unspecified atom stereocenters. The van der Waals surface area contributed by atoms with Crippen LogP contribution in [0.25, 0.3) is 0 Å². The minimum absolute atomic E-state index is 0.255. The molecule has 4 nitrogen and oxygen atoms in total. The van der Waals surface area contributed by atoms with Crippen LogP contribution in [0.3, 0.4) is 0 Å². The van der Waals surface area contributed by atoms with Gasteiger partial charge in [-0.1, -0.05) is 12.8 Å². The van der Waals surface area contributed by atoms with Crippen molar-refractivity contribution in [2.45, 2.75) is 25.7 Å². The van der Waals surface area contributed by atoms with Crippen LogP contribution < -0.4 is 10.2 Å². The number of anilines is 2. The summed E-state index contributed by atoms with van der Waals surface area (Å²) < 4.78 is 13.7. The van der Waals surface area contributed by atoms with Crippen molar-refractivity contribution in [1.29, 1.82) is 0 Å². The second-order valence-electron chi connectivity index (χ2n) is 5.75. The van der Waals surface area contributed by atoms with Crippen LogP contribution in [0.4, 0.5) is 15.8 Å². The molecule has 1 aromatic carbocycles. The lowest BCUT2D eigenvalue weighted by Gasteiger charge is -2.25. The smallest absolute Gasteiger partial charge is 0.255 e. The van der Waals surface area contributed by atoms with E-state index in [1.54, 1.807) is 30.6 Å². The van der Waals surface area contributed by atoms with Gasteiger partial charge in [-0.25, -0.2) is 4.39 Å². The third-order valence-electron chi connectivity index (χ3n) is 4.10. The minimum atomic E-state index is -0.353. The van der Waals surface area contributed by atoms with E-state index in [9.17, 15) is 9.18 Å². The molecule has 1 amide bonds. The molecule has 1 saturated heterocycles. The van der Waals surface area contributed by atoms with E-state index >= 15 is 0 Å². The van der Waals surface area contributed by atoms with Crippen molar-refractivity contribution in [2.24, 2.45) is 0 Å². The Bertz CT molecular complexity index is 667. The summed E-state index contributed by atoms with van der Waals surface area (Å²) in [7, 11) is 0. The summed E-state index contributed by atoms with van der Waals surface area (Å²) in [4.78, 5) is 18.5. The van der Waals surface area contributed by atoms with E-state index in [1.165, 1.54) is 25.0 Å². The van der Waals surface area contributed by atoms with Gasteiger partial charge < -0.3 is 10.2 Å². The van der Waals surface area contributed by atoms with Crippen LogP contribution in [0, 0.1) is 5.82 Å². The number of carbonyl (C=O) groups is 1. The Labute approximate surface area is 135 Å². The Morgan fingerprint density at radius 2 is 1.74 bits per heavy atom. The second kappa shape index (κ2) is 7.22. The molecule has 0 atom stereocenters. The number of nitrogens with zero attached hydrogens (tertiary/aromatic N) is 2. The molecule has 2 heterocycles. The summed E-state index contributed by atoms with van der Waals surface area (Å²) in [5.41, 5.74) is 1.91. The van der Waals surface area contributed by atoms with E-state index in [2.05, 4.69) is 15.2 Å². The summed E-state index contributed by atoms with van der Waals surface area (Å²) >= 11 is 0. The second-order valence-corrected chi connectivity index (χ2v) is 5.75. The van der Waals surface area contributed by atoms with Gasteiger partial charge in [0.25, 0.3) is 5.91 Å². The Morgan fingerprint density at radius 1 is 1.04 bits per heavy atom. The molecule has 1 aliphatic heterocycles. The molecular weight excluding hydrogens is 293 g/mol. The van der Waals surface area contributed by atoms with Crippen LogP contribution in [-0.4, -0.2) is 24.0 Å². The lowest BCUT2D eigenvalue weighted by molar-refractivity contribution is 0.102. The van der Waals surface area contributed by atoms with E-state index in [4.69, 9.17) is 0 Å². The zero-order valence-electron chi connectivity index (χ0n) is 13.0. The average molecular weight is 313 g/mol. The first-order valence-electron chi connectivity index (χ1n) is 8.00. The number of aromatic nitrogens is 1. The number of halogens is 1. The molecule has 0 bridgehead atoms. The third kappa shape index (κ3) is 3.86. The highest BCUT2D eigenvalue weighted by Crippen LogP contribution is 2.29. The largest absolute Gasteiger partial charge is 0.370 e. The fourth-order valence-electron chi connectivity index (χ4n) is 2.89. The van der Waals surface area contributed by atoms with Crippen molar-refractivity contribution >= 4 is 17.3 Å². The number of amides is 1. The third-order valence-corrected chi connectivity index (χ3v) is 4.10. The van der Waals surface area contributed by atoms with E-state index < -0.39 is 0 Å². The van der Waals surface area contributed by atoms with Crippen LogP contribution >= 0.6 is 0 Å². The summed E-state index contributed by atoms with van der Waals surface area (Å²) in [5.74, 6) is -0.609. The van der Waals surface area contributed by atoms with Gasteiger partial charge >= 0.3 is 0 Å². The summed E-state index contributed by atoms with van der Waals surface area (Å²) in [6.07, 6.45) is 7.81. The van der Waals surface area contributed by atoms with E-state index in [1.807, 2.05) is 0 Å². The average Bonchev–Trinajstić information content (AvgIpc) is 2.85. The minimum Gasteiger partial charge on any atom is -0.370 e. The van der Waals surface area contributed by atoms with Gasteiger partial charge in [-0.15, -0.1) is 0 Å². The number of pyridine rings is 1. The Kier molecular flexibility index (Phi) is 4.86. The first kappa shape index (κ1) is 15.5. The van der Waals surface area contributed by atoms with Gasteiger partial charge in [0.15, 0.2) is 0 Å². The lowest BCUT2D eigenvalue weighted by Crippen LogP contribution is -2.25. The number of benzene rings is 1. The number of carbonyl (C=O) groups excluding carboxylic acids is 1. The predicted octanol–water partition coefficient (Wildman–Crippen LogP) is 3.85. The zero-order valence-corrected chi connectivity index (χ0v) is 13.0. The van der Waals surface area contributed by atoms with Crippen molar-refractivity contribution in [1.82, 2.24) is 4.98 Å². The van der Waals surface area contributed by atoms with Crippen LogP contribution in [0.15, 0.2) is 42.7 Å². The monoisotopic (exact) mass is 313 g/mol. The molecule has 1 fully saturated rings.